The highest BCUT2D eigenvalue weighted by atomic mass is 16.5. The highest BCUT2D eigenvalue weighted by Crippen LogP contribution is 2.30. The minimum atomic E-state index is 0.160. The van der Waals surface area contributed by atoms with Gasteiger partial charge in [0.1, 0.15) is 30.4 Å². The number of hydrogen-bond acceptors (Lipinski definition) is 8. The van der Waals surface area contributed by atoms with Crippen LogP contribution in [-0.4, -0.2) is 91.0 Å². The molecular formula is C28H35N7O2. The van der Waals surface area contributed by atoms with E-state index in [9.17, 15) is 4.79 Å². The van der Waals surface area contributed by atoms with Crippen molar-refractivity contribution < 1.29 is 9.53 Å². The Balaban J connectivity index is 1.27. The Bertz CT molecular complexity index is 1230. The van der Waals surface area contributed by atoms with Crippen molar-refractivity contribution in [3.05, 3.63) is 54.4 Å². The maximum Gasteiger partial charge on any atom is 0.219 e. The molecule has 9 nitrogen and oxygen atoms in total. The summed E-state index contributed by atoms with van der Waals surface area (Å²) in [6.45, 7) is 11.7. The summed E-state index contributed by atoms with van der Waals surface area (Å²) >= 11 is 0. The summed E-state index contributed by atoms with van der Waals surface area (Å²) in [6, 6.07) is 13.0. The minimum absolute atomic E-state index is 0.160. The number of fused-ring (bicyclic) bond motifs is 1. The molecule has 0 unspecified atom stereocenters. The molecule has 1 atom stereocenters. The summed E-state index contributed by atoms with van der Waals surface area (Å²) in [5, 5.41) is 5.28. The fourth-order valence-corrected chi connectivity index (χ4v) is 5.25. The number of aliphatic imine (C=N–C) groups is 3. The summed E-state index contributed by atoms with van der Waals surface area (Å²) in [5.74, 6) is 2.48. The van der Waals surface area contributed by atoms with Gasteiger partial charge in [0, 0.05) is 51.6 Å². The zero-order valence-electron chi connectivity index (χ0n) is 21.5. The molecule has 2 aromatic carbocycles. The molecule has 37 heavy (non-hydrogen) atoms. The van der Waals surface area contributed by atoms with E-state index in [-0.39, 0.29) is 11.9 Å². The normalized spacial score (nSPS) is 20.8. The molecule has 3 aliphatic rings. The zero-order chi connectivity index (χ0) is 25.6. The van der Waals surface area contributed by atoms with Gasteiger partial charge in [-0.05, 0) is 29.9 Å². The Morgan fingerprint density at radius 1 is 1.11 bits per heavy atom. The molecule has 2 aromatic rings. The van der Waals surface area contributed by atoms with Gasteiger partial charge >= 0.3 is 0 Å². The molecule has 5 rings (SSSR count). The fraction of sp³-hybridized carbons (Fsp3) is 0.429. The standard InChI is InChI=1S/C28H35N7O2/c1-21-30-19-29-16-28(32-20-31-21)35-11-5-6-24(35)18-37-27-10-9-23(25-7-3-4-8-26(25)27)17-33-12-14-34(15-13-33)22(2)36/h3-4,7-10,19-20,24H,1,5-6,11-18H2,2H3,(H,29,30)/t24-/m1/s1. The van der Waals surface area contributed by atoms with Crippen molar-refractivity contribution in [2.24, 2.45) is 15.0 Å². The fourth-order valence-electron chi connectivity index (χ4n) is 5.25. The molecule has 3 heterocycles. The number of amides is 1. The lowest BCUT2D eigenvalue weighted by molar-refractivity contribution is -0.130. The number of piperazine rings is 1. The summed E-state index contributed by atoms with van der Waals surface area (Å²) in [7, 11) is 0. The Labute approximate surface area is 218 Å². The van der Waals surface area contributed by atoms with E-state index in [0.29, 0.717) is 19.0 Å². The van der Waals surface area contributed by atoms with Gasteiger partial charge in [0.25, 0.3) is 0 Å². The number of ether oxygens (including phenoxy) is 1. The van der Waals surface area contributed by atoms with Crippen LogP contribution in [0, 0.1) is 0 Å². The van der Waals surface area contributed by atoms with Crippen molar-refractivity contribution in [2.45, 2.75) is 32.4 Å². The predicted octanol–water partition coefficient (Wildman–Crippen LogP) is 2.88. The molecular weight excluding hydrogens is 466 g/mol. The van der Waals surface area contributed by atoms with Gasteiger partial charge in [-0.1, -0.05) is 36.9 Å². The lowest BCUT2D eigenvalue weighted by atomic mass is 10.0. The predicted molar refractivity (Wildman–Crippen MR) is 148 cm³/mol. The second kappa shape index (κ2) is 11.6. The van der Waals surface area contributed by atoms with E-state index in [1.54, 1.807) is 19.6 Å². The molecule has 0 bridgehead atoms. The highest BCUT2D eigenvalue weighted by molar-refractivity contribution is 5.92. The Morgan fingerprint density at radius 2 is 1.92 bits per heavy atom. The van der Waals surface area contributed by atoms with Gasteiger partial charge in [0.05, 0.1) is 18.9 Å². The van der Waals surface area contributed by atoms with E-state index < -0.39 is 0 Å². The van der Waals surface area contributed by atoms with Gasteiger partial charge in [0.2, 0.25) is 5.91 Å². The number of nitrogens with zero attached hydrogens (tertiary/aromatic N) is 6. The first kappa shape index (κ1) is 25.0. The number of carbonyl (C=O) groups is 1. The van der Waals surface area contributed by atoms with Gasteiger partial charge in [-0.25, -0.2) is 9.98 Å². The van der Waals surface area contributed by atoms with Crippen molar-refractivity contribution in [2.75, 3.05) is 45.9 Å². The van der Waals surface area contributed by atoms with Crippen molar-refractivity contribution in [3.8, 4) is 5.75 Å². The second-order valence-electron chi connectivity index (χ2n) is 9.70. The summed E-state index contributed by atoms with van der Waals surface area (Å²) in [4.78, 5) is 31.5. The monoisotopic (exact) mass is 501 g/mol. The molecule has 1 N–H and O–H groups in total. The molecule has 2 fully saturated rings. The van der Waals surface area contributed by atoms with Crippen LogP contribution in [0.4, 0.5) is 0 Å². The molecule has 9 heteroatoms. The zero-order valence-corrected chi connectivity index (χ0v) is 21.5. The Morgan fingerprint density at radius 3 is 2.73 bits per heavy atom. The van der Waals surface area contributed by atoms with Crippen LogP contribution in [0.3, 0.4) is 0 Å². The summed E-state index contributed by atoms with van der Waals surface area (Å²) in [6.07, 6.45) is 5.31. The van der Waals surface area contributed by atoms with Crippen LogP contribution in [-0.2, 0) is 11.3 Å². The molecule has 0 aromatic heterocycles. The van der Waals surface area contributed by atoms with Crippen LogP contribution in [0.15, 0.2) is 63.8 Å². The van der Waals surface area contributed by atoms with Crippen LogP contribution < -0.4 is 10.1 Å². The molecule has 0 radical (unpaired) electrons. The molecule has 0 spiro atoms. The number of rotatable bonds is 5. The SMILES string of the molecule is C=C1N=CN=C(N2CCC[C@@H]2COc2ccc(CN3CCN(C(C)=O)CC3)c3ccccc23)CN=CN1. The van der Waals surface area contributed by atoms with E-state index in [4.69, 9.17) is 4.74 Å². The summed E-state index contributed by atoms with van der Waals surface area (Å²) < 4.78 is 6.45. The minimum Gasteiger partial charge on any atom is -0.491 e. The first-order valence-corrected chi connectivity index (χ1v) is 13.0. The maximum absolute atomic E-state index is 11.7. The first-order chi connectivity index (χ1) is 18.1. The molecule has 1 amide bonds. The van der Waals surface area contributed by atoms with Crippen molar-refractivity contribution >= 4 is 35.2 Å². The van der Waals surface area contributed by atoms with Gasteiger partial charge in [-0.2, -0.15) is 0 Å². The second-order valence-corrected chi connectivity index (χ2v) is 9.70. The molecule has 2 saturated heterocycles. The van der Waals surface area contributed by atoms with Crippen LogP contribution in [0.5, 0.6) is 5.75 Å². The van der Waals surface area contributed by atoms with Crippen LogP contribution in [0.1, 0.15) is 25.3 Å². The smallest absolute Gasteiger partial charge is 0.219 e. The Kier molecular flexibility index (Phi) is 7.79. The van der Waals surface area contributed by atoms with E-state index in [1.807, 2.05) is 4.90 Å². The van der Waals surface area contributed by atoms with Gasteiger partial charge in [0.15, 0.2) is 0 Å². The number of likely N-dealkylation sites (tertiary alicyclic amines) is 1. The maximum atomic E-state index is 11.7. The van der Waals surface area contributed by atoms with Crippen molar-refractivity contribution in [1.29, 1.82) is 0 Å². The van der Waals surface area contributed by atoms with E-state index >= 15 is 0 Å². The third kappa shape index (κ3) is 5.99. The average molecular weight is 502 g/mol. The lowest BCUT2D eigenvalue weighted by Crippen LogP contribution is -2.47. The molecule has 194 valence electrons. The first-order valence-electron chi connectivity index (χ1n) is 13.0. The third-order valence-corrected chi connectivity index (χ3v) is 7.30. The van der Waals surface area contributed by atoms with E-state index in [0.717, 1.165) is 69.1 Å². The number of nitrogens with one attached hydrogen (secondary N) is 1. The number of carbonyl (C=O) groups excluding carboxylic acids is 1. The highest BCUT2D eigenvalue weighted by Gasteiger charge is 2.28. The van der Waals surface area contributed by atoms with Crippen molar-refractivity contribution in [1.82, 2.24) is 20.0 Å². The third-order valence-electron chi connectivity index (χ3n) is 7.30. The van der Waals surface area contributed by atoms with Crippen molar-refractivity contribution in [3.63, 3.8) is 0 Å². The molecule has 0 aliphatic carbocycles. The van der Waals surface area contributed by atoms with Gasteiger partial charge < -0.3 is 19.9 Å². The summed E-state index contributed by atoms with van der Waals surface area (Å²) in [5.41, 5.74) is 1.29. The molecule has 0 saturated carbocycles. The quantitative estimate of drug-likeness (QED) is 0.681. The number of hydrogen-bond donors (Lipinski definition) is 1. The van der Waals surface area contributed by atoms with Crippen LogP contribution in [0.25, 0.3) is 10.8 Å². The number of benzene rings is 2. The van der Waals surface area contributed by atoms with E-state index in [2.05, 4.69) is 73.1 Å². The van der Waals surface area contributed by atoms with Crippen LogP contribution >= 0.6 is 0 Å². The molecule has 3 aliphatic heterocycles. The van der Waals surface area contributed by atoms with Gasteiger partial charge in [-0.3, -0.25) is 14.7 Å². The largest absolute Gasteiger partial charge is 0.491 e. The topological polar surface area (TPSA) is 85.1 Å². The van der Waals surface area contributed by atoms with Gasteiger partial charge in [-0.15, -0.1) is 0 Å². The van der Waals surface area contributed by atoms with E-state index in [1.165, 1.54) is 10.9 Å². The lowest BCUT2D eigenvalue weighted by Gasteiger charge is -2.34. The Hall–Kier alpha value is -3.72. The average Bonchev–Trinajstić information content (AvgIpc) is 3.41. The number of amidine groups is 1. The van der Waals surface area contributed by atoms with Crippen LogP contribution in [0.2, 0.25) is 0 Å².